The Hall–Kier alpha value is -0.850. The van der Waals surface area contributed by atoms with Gasteiger partial charge < -0.3 is 4.74 Å². The maximum absolute atomic E-state index is 10.6. The summed E-state index contributed by atoms with van der Waals surface area (Å²) < 4.78 is 6.10. The summed E-state index contributed by atoms with van der Waals surface area (Å²) in [5.74, 6) is 0.597. The number of hydrogen-bond acceptors (Lipinski definition) is 3. The molecule has 1 aliphatic rings. The Morgan fingerprint density at radius 3 is 2.79 bits per heavy atom. The topological polar surface area (TPSA) is 52.4 Å². The fourth-order valence-electron chi connectivity index (χ4n) is 1.08. The maximum atomic E-state index is 10.6. The highest BCUT2D eigenvalue weighted by atomic mass is 127. The monoisotopic (exact) mass is 305 g/mol. The summed E-state index contributed by atoms with van der Waals surface area (Å²) >= 11 is 1.94. The lowest BCUT2D eigenvalue weighted by Crippen LogP contribution is -1.98. The van der Waals surface area contributed by atoms with Crippen molar-refractivity contribution in [2.24, 2.45) is 0 Å². The summed E-state index contributed by atoms with van der Waals surface area (Å²) in [6.07, 6.45) is 2.38. The van der Waals surface area contributed by atoms with Gasteiger partial charge in [-0.3, -0.25) is 10.1 Å². The number of nitrogens with zero attached hydrogens (tertiary/aromatic N) is 1. The van der Waals surface area contributed by atoms with Crippen LogP contribution in [0.2, 0.25) is 0 Å². The van der Waals surface area contributed by atoms with Gasteiger partial charge in [-0.05, 0) is 47.6 Å². The summed E-state index contributed by atoms with van der Waals surface area (Å²) in [5, 5.41) is 10.6. The molecule has 1 aliphatic carbocycles. The van der Waals surface area contributed by atoms with E-state index in [-0.39, 0.29) is 16.7 Å². The standard InChI is InChI=1S/C9H8INO3/c10-8-4-3-7(14-6-1-2-6)5-9(8)11(12)13/h3-6H,1-2H2. The van der Waals surface area contributed by atoms with Crippen LogP contribution < -0.4 is 4.74 Å². The number of nitro groups is 1. The Kier molecular flexibility index (Phi) is 2.58. The van der Waals surface area contributed by atoms with Crippen LogP contribution in [-0.2, 0) is 0 Å². The fourth-order valence-corrected chi connectivity index (χ4v) is 1.62. The van der Waals surface area contributed by atoms with E-state index in [2.05, 4.69) is 0 Å². The third kappa shape index (κ3) is 2.14. The van der Waals surface area contributed by atoms with Gasteiger partial charge in [-0.25, -0.2) is 0 Å². The van der Waals surface area contributed by atoms with Crippen molar-refractivity contribution in [2.45, 2.75) is 18.9 Å². The number of nitro benzene ring substituents is 1. The molecule has 0 N–H and O–H groups in total. The summed E-state index contributed by atoms with van der Waals surface area (Å²) in [4.78, 5) is 10.2. The SMILES string of the molecule is O=[N+]([O-])c1cc(OC2CC2)ccc1I. The number of rotatable bonds is 3. The number of benzene rings is 1. The zero-order valence-electron chi connectivity index (χ0n) is 7.27. The van der Waals surface area contributed by atoms with Crippen LogP contribution in [0.25, 0.3) is 0 Å². The van der Waals surface area contributed by atoms with E-state index in [0.717, 1.165) is 12.8 Å². The van der Waals surface area contributed by atoms with Crippen molar-refractivity contribution < 1.29 is 9.66 Å². The number of hydrogen-bond donors (Lipinski definition) is 0. The van der Waals surface area contributed by atoms with Gasteiger partial charge in [-0.2, -0.15) is 0 Å². The Morgan fingerprint density at radius 1 is 1.50 bits per heavy atom. The third-order valence-electron chi connectivity index (χ3n) is 1.94. The molecule has 0 bridgehead atoms. The molecule has 0 aromatic heterocycles. The second-order valence-corrected chi connectivity index (χ2v) is 4.35. The molecule has 0 heterocycles. The van der Waals surface area contributed by atoms with E-state index < -0.39 is 0 Å². The minimum Gasteiger partial charge on any atom is -0.490 e. The zero-order valence-corrected chi connectivity index (χ0v) is 9.43. The first-order valence-electron chi connectivity index (χ1n) is 4.27. The van der Waals surface area contributed by atoms with E-state index >= 15 is 0 Å². The number of ether oxygens (including phenoxy) is 1. The molecule has 0 radical (unpaired) electrons. The third-order valence-corrected chi connectivity index (χ3v) is 2.85. The van der Waals surface area contributed by atoms with E-state index in [1.807, 2.05) is 22.6 Å². The van der Waals surface area contributed by atoms with E-state index in [1.54, 1.807) is 12.1 Å². The summed E-state index contributed by atoms with van der Waals surface area (Å²) in [7, 11) is 0. The Bertz CT molecular complexity index is 376. The molecule has 1 aromatic rings. The van der Waals surface area contributed by atoms with E-state index in [1.165, 1.54) is 6.07 Å². The lowest BCUT2D eigenvalue weighted by molar-refractivity contribution is -0.385. The van der Waals surface area contributed by atoms with Crippen LogP contribution >= 0.6 is 22.6 Å². The highest BCUT2D eigenvalue weighted by Gasteiger charge is 2.24. The van der Waals surface area contributed by atoms with Crippen LogP contribution in [0.3, 0.4) is 0 Å². The van der Waals surface area contributed by atoms with Gasteiger partial charge in [0.25, 0.3) is 5.69 Å². The van der Waals surface area contributed by atoms with Crippen molar-refractivity contribution in [1.29, 1.82) is 0 Å². The van der Waals surface area contributed by atoms with Crippen molar-refractivity contribution in [3.63, 3.8) is 0 Å². The van der Waals surface area contributed by atoms with Gasteiger partial charge in [0.05, 0.1) is 20.7 Å². The fraction of sp³-hybridized carbons (Fsp3) is 0.333. The molecule has 1 saturated carbocycles. The molecule has 2 rings (SSSR count). The molecule has 74 valence electrons. The molecular formula is C9H8INO3. The van der Waals surface area contributed by atoms with Gasteiger partial charge in [0.15, 0.2) is 0 Å². The highest BCUT2D eigenvalue weighted by Crippen LogP contribution is 2.30. The van der Waals surface area contributed by atoms with Crippen LogP contribution in [0.1, 0.15) is 12.8 Å². The summed E-state index contributed by atoms with van der Waals surface area (Å²) in [6.45, 7) is 0. The molecule has 0 saturated heterocycles. The molecule has 0 aliphatic heterocycles. The second kappa shape index (κ2) is 3.72. The van der Waals surface area contributed by atoms with Crippen LogP contribution in [0.15, 0.2) is 18.2 Å². The molecule has 14 heavy (non-hydrogen) atoms. The highest BCUT2D eigenvalue weighted by molar-refractivity contribution is 14.1. The van der Waals surface area contributed by atoms with Crippen LogP contribution in [0.4, 0.5) is 5.69 Å². The molecule has 0 spiro atoms. The largest absolute Gasteiger partial charge is 0.490 e. The van der Waals surface area contributed by atoms with Gasteiger partial charge in [0, 0.05) is 0 Å². The van der Waals surface area contributed by atoms with Crippen LogP contribution in [-0.4, -0.2) is 11.0 Å². The molecule has 4 nitrogen and oxygen atoms in total. The van der Waals surface area contributed by atoms with Crippen LogP contribution in [0.5, 0.6) is 5.75 Å². The second-order valence-electron chi connectivity index (χ2n) is 3.19. The average Bonchev–Trinajstić information content (AvgIpc) is 2.92. The molecular weight excluding hydrogens is 297 g/mol. The molecule has 0 atom stereocenters. The molecule has 0 unspecified atom stereocenters. The van der Waals surface area contributed by atoms with Gasteiger partial charge in [0.1, 0.15) is 5.75 Å². The quantitative estimate of drug-likeness (QED) is 0.490. The first kappa shape index (κ1) is 9.70. The zero-order chi connectivity index (χ0) is 10.1. The van der Waals surface area contributed by atoms with E-state index in [0.29, 0.717) is 9.32 Å². The first-order chi connectivity index (χ1) is 6.66. The summed E-state index contributed by atoms with van der Waals surface area (Å²) in [6, 6.07) is 4.96. The Morgan fingerprint density at radius 2 is 2.21 bits per heavy atom. The molecule has 1 aromatic carbocycles. The van der Waals surface area contributed by atoms with Gasteiger partial charge in [0.2, 0.25) is 0 Å². The Labute approximate surface area is 94.5 Å². The molecule has 1 fully saturated rings. The number of halogens is 1. The van der Waals surface area contributed by atoms with Crippen molar-refractivity contribution in [3.8, 4) is 5.75 Å². The first-order valence-corrected chi connectivity index (χ1v) is 5.35. The maximum Gasteiger partial charge on any atom is 0.286 e. The minimum atomic E-state index is -0.387. The average molecular weight is 305 g/mol. The van der Waals surface area contributed by atoms with Gasteiger partial charge >= 0.3 is 0 Å². The lowest BCUT2D eigenvalue weighted by Gasteiger charge is -2.03. The predicted molar refractivity (Wildman–Crippen MR) is 59.5 cm³/mol. The lowest BCUT2D eigenvalue weighted by atomic mass is 10.3. The normalized spacial score (nSPS) is 15.2. The predicted octanol–water partition coefficient (Wildman–Crippen LogP) is 2.74. The van der Waals surface area contributed by atoms with Gasteiger partial charge in [-0.1, -0.05) is 0 Å². The van der Waals surface area contributed by atoms with Crippen LogP contribution in [0, 0.1) is 13.7 Å². The summed E-state index contributed by atoms with van der Waals surface area (Å²) in [5.41, 5.74) is 0.115. The Balaban J connectivity index is 2.24. The van der Waals surface area contributed by atoms with E-state index in [4.69, 9.17) is 4.74 Å². The van der Waals surface area contributed by atoms with Crippen molar-refractivity contribution in [3.05, 3.63) is 31.9 Å². The smallest absolute Gasteiger partial charge is 0.286 e. The van der Waals surface area contributed by atoms with E-state index in [9.17, 15) is 10.1 Å². The molecule has 5 heteroatoms. The van der Waals surface area contributed by atoms with Crippen molar-refractivity contribution in [2.75, 3.05) is 0 Å². The van der Waals surface area contributed by atoms with Crippen molar-refractivity contribution in [1.82, 2.24) is 0 Å². The minimum absolute atomic E-state index is 0.115. The van der Waals surface area contributed by atoms with Gasteiger partial charge in [-0.15, -0.1) is 0 Å². The molecule has 0 amide bonds. The van der Waals surface area contributed by atoms with Crippen molar-refractivity contribution >= 4 is 28.3 Å².